The van der Waals surface area contributed by atoms with E-state index < -0.39 is 11.8 Å². The fourth-order valence-corrected chi connectivity index (χ4v) is 1.37. The number of carbonyl (C=O) groups excluding carboxylic acids is 1. The van der Waals surface area contributed by atoms with Gasteiger partial charge in [0, 0.05) is 0 Å². The van der Waals surface area contributed by atoms with Gasteiger partial charge in [-0.1, -0.05) is 12.1 Å². The van der Waals surface area contributed by atoms with Crippen molar-refractivity contribution in [3.8, 4) is 5.88 Å². The maximum atomic E-state index is 11.5. The van der Waals surface area contributed by atoms with Crippen molar-refractivity contribution in [2.75, 3.05) is 0 Å². The molecule has 2 rings (SSSR count). The minimum Gasteiger partial charge on any atom is -0.428 e. The fourth-order valence-electron chi connectivity index (χ4n) is 1.37. The molecule has 0 radical (unpaired) electrons. The van der Waals surface area contributed by atoms with Crippen molar-refractivity contribution >= 4 is 17.1 Å². The Hall–Kier alpha value is -2.04. The van der Waals surface area contributed by atoms with Crippen LogP contribution in [0.3, 0.4) is 0 Å². The number of benzene rings is 1. The molecule has 0 spiro atoms. The van der Waals surface area contributed by atoms with Gasteiger partial charge >= 0.3 is 6.16 Å². The van der Waals surface area contributed by atoms with Crippen LogP contribution in [-0.2, 0) is 4.74 Å². The van der Waals surface area contributed by atoms with E-state index in [-0.39, 0.29) is 5.88 Å². The molecule has 0 aliphatic rings. The molecule has 17 heavy (non-hydrogen) atoms. The number of hydrogen-bond donors (Lipinski definition) is 1. The summed E-state index contributed by atoms with van der Waals surface area (Å²) in [5.74, 6) is 0.231. The Morgan fingerprint density at radius 1 is 1.29 bits per heavy atom. The SMILES string of the molecule is CC(C)(C)OC(=O)Oc1n[nH]c2ccccc12. The number of rotatable bonds is 1. The lowest BCUT2D eigenvalue weighted by Gasteiger charge is -2.18. The second-order valence-corrected chi connectivity index (χ2v) is 4.64. The van der Waals surface area contributed by atoms with Crippen LogP contribution in [0.1, 0.15) is 20.8 Å². The number of fused-ring (bicyclic) bond motifs is 1. The van der Waals surface area contributed by atoms with Crippen molar-refractivity contribution in [2.24, 2.45) is 0 Å². The summed E-state index contributed by atoms with van der Waals surface area (Å²) in [5, 5.41) is 7.44. The highest BCUT2D eigenvalue weighted by Crippen LogP contribution is 2.22. The second-order valence-electron chi connectivity index (χ2n) is 4.64. The lowest BCUT2D eigenvalue weighted by molar-refractivity contribution is 0.0200. The quantitative estimate of drug-likeness (QED) is 0.770. The van der Waals surface area contributed by atoms with Crippen LogP contribution < -0.4 is 4.74 Å². The zero-order valence-electron chi connectivity index (χ0n) is 9.98. The smallest absolute Gasteiger partial charge is 0.428 e. The molecule has 5 heteroatoms. The number of nitrogens with one attached hydrogen (secondary N) is 1. The zero-order chi connectivity index (χ0) is 12.5. The van der Waals surface area contributed by atoms with E-state index in [4.69, 9.17) is 9.47 Å². The molecule has 0 aliphatic carbocycles. The largest absolute Gasteiger partial charge is 0.515 e. The van der Waals surface area contributed by atoms with Crippen LogP contribution in [0.4, 0.5) is 4.79 Å². The predicted molar refractivity (Wildman–Crippen MR) is 63.0 cm³/mol. The Balaban J connectivity index is 2.16. The van der Waals surface area contributed by atoms with Gasteiger partial charge in [-0.2, -0.15) is 0 Å². The Morgan fingerprint density at radius 2 is 2.00 bits per heavy atom. The van der Waals surface area contributed by atoms with Gasteiger partial charge in [0.25, 0.3) is 5.88 Å². The number of hydrogen-bond acceptors (Lipinski definition) is 4. The van der Waals surface area contributed by atoms with Gasteiger partial charge in [0.15, 0.2) is 0 Å². The van der Waals surface area contributed by atoms with Crippen LogP contribution in [0.25, 0.3) is 10.9 Å². The molecule has 90 valence electrons. The highest BCUT2D eigenvalue weighted by Gasteiger charge is 2.19. The molecule has 0 atom stereocenters. The Labute approximate surface area is 98.7 Å². The summed E-state index contributed by atoms with van der Waals surface area (Å²) >= 11 is 0. The monoisotopic (exact) mass is 234 g/mol. The molecule has 0 fully saturated rings. The topological polar surface area (TPSA) is 64.2 Å². The molecule has 1 heterocycles. The van der Waals surface area contributed by atoms with Crippen LogP contribution in [0.2, 0.25) is 0 Å². The molecule has 0 saturated carbocycles. The second kappa shape index (κ2) is 4.08. The van der Waals surface area contributed by atoms with Crippen LogP contribution in [0.15, 0.2) is 24.3 Å². The summed E-state index contributed by atoms with van der Waals surface area (Å²) in [6.07, 6.45) is -0.755. The third kappa shape index (κ3) is 2.75. The number of H-pyrrole nitrogens is 1. The maximum absolute atomic E-state index is 11.5. The Bertz CT molecular complexity index is 540. The van der Waals surface area contributed by atoms with Crippen molar-refractivity contribution < 1.29 is 14.3 Å². The van der Waals surface area contributed by atoms with Gasteiger partial charge < -0.3 is 9.47 Å². The highest BCUT2D eigenvalue weighted by molar-refractivity contribution is 5.85. The molecular weight excluding hydrogens is 220 g/mol. The zero-order valence-corrected chi connectivity index (χ0v) is 9.98. The first-order chi connectivity index (χ1) is 7.96. The van der Waals surface area contributed by atoms with Crippen molar-refractivity contribution in [1.82, 2.24) is 10.2 Å². The van der Waals surface area contributed by atoms with Gasteiger partial charge in [0.05, 0.1) is 10.9 Å². The first kappa shape index (κ1) is 11.4. The van der Waals surface area contributed by atoms with Crippen molar-refractivity contribution in [3.05, 3.63) is 24.3 Å². The first-order valence-electron chi connectivity index (χ1n) is 5.30. The Kier molecular flexibility index (Phi) is 2.75. The molecule has 0 bridgehead atoms. The molecule has 1 aromatic carbocycles. The van der Waals surface area contributed by atoms with Gasteiger partial charge in [0.1, 0.15) is 5.60 Å². The van der Waals surface area contributed by atoms with E-state index in [1.165, 1.54) is 0 Å². The molecule has 0 aliphatic heterocycles. The van der Waals surface area contributed by atoms with Crippen molar-refractivity contribution in [2.45, 2.75) is 26.4 Å². The van der Waals surface area contributed by atoms with E-state index in [1.54, 1.807) is 20.8 Å². The molecule has 1 N–H and O–H groups in total. The standard InChI is InChI=1S/C12H14N2O3/c1-12(2,3)17-11(15)16-10-8-6-4-5-7-9(8)13-14-10/h4-7H,1-3H3,(H,13,14). The van der Waals surface area contributed by atoms with Crippen molar-refractivity contribution in [3.63, 3.8) is 0 Å². The third-order valence-corrected chi connectivity index (χ3v) is 2.00. The maximum Gasteiger partial charge on any atom is 0.515 e. The van der Waals surface area contributed by atoms with E-state index in [2.05, 4.69) is 10.2 Å². The lowest BCUT2D eigenvalue weighted by Crippen LogP contribution is -2.26. The summed E-state index contributed by atoms with van der Waals surface area (Å²) in [4.78, 5) is 11.5. The average Bonchev–Trinajstić information content (AvgIpc) is 2.59. The normalized spacial score (nSPS) is 11.5. The molecule has 1 aromatic heterocycles. The van der Waals surface area contributed by atoms with E-state index in [0.29, 0.717) is 0 Å². The highest BCUT2D eigenvalue weighted by atomic mass is 16.7. The molecule has 0 amide bonds. The fraction of sp³-hybridized carbons (Fsp3) is 0.333. The Morgan fingerprint density at radius 3 is 2.71 bits per heavy atom. The van der Waals surface area contributed by atoms with E-state index in [9.17, 15) is 4.79 Å². The molecular formula is C12H14N2O3. The van der Waals surface area contributed by atoms with Gasteiger partial charge in [-0.15, -0.1) is 5.10 Å². The first-order valence-corrected chi connectivity index (χ1v) is 5.30. The van der Waals surface area contributed by atoms with E-state index in [0.717, 1.165) is 10.9 Å². The number of aromatic amines is 1. The number of ether oxygens (including phenoxy) is 2. The van der Waals surface area contributed by atoms with Gasteiger partial charge in [-0.05, 0) is 32.9 Å². The van der Waals surface area contributed by atoms with Gasteiger partial charge in [0.2, 0.25) is 0 Å². The summed E-state index contributed by atoms with van der Waals surface area (Å²) in [5.41, 5.74) is 0.231. The van der Waals surface area contributed by atoms with Crippen LogP contribution in [0, 0.1) is 0 Å². The van der Waals surface area contributed by atoms with Gasteiger partial charge in [-0.3, -0.25) is 5.10 Å². The predicted octanol–water partition coefficient (Wildman–Crippen LogP) is 2.88. The minimum absolute atomic E-state index is 0.231. The molecule has 2 aromatic rings. The van der Waals surface area contributed by atoms with E-state index in [1.807, 2.05) is 24.3 Å². The number of para-hydroxylation sites is 1. The van der Waals surface area contributed by atoms with E-state index >= 15 is 0 Å². The van der Waals surface area contributed by atoms with Crippen molar-refractivity contribution in [1.29, 1.82) is 0 Å². The molecule has 5 nitrogen and oxygen atoms in total. The number of nitrogens with zero attached hydrogens (tertiary/aromatic N) is 1. The summed E-state index contributed by atoms with van der Waals surface area (Å²) in [6.45, 7) is 5.32. The number of aromatic nitrogens is 2. The lowest BCUT2D eigenvalue weighted by atomic mass is 10.2. The average molecular weight is 234 g/mol. The molecule has 0 saturated heterocycles. The third-order valence-electron chi connectivity index (χ3n) is 2.00. The summed E-state index contributed by atoms with van der Waals surface area (Å²) < 4.78 is 10.1. The van der Waals surface area contributed by atoms with Crippen LogP contribution in [0.5, 0.6) is 5.88 Å². The van der Waals surface area contributed by atoms with Gasteiger partial charge in [-0.25, -0.2) is 4.79 Å². The van der Waals surface area contributed by atoms with Crippen LogP contribution >= 0.6 is 0 Å². The summed E-state index contributed by atoms with van der Waals surface area (Å²) in [6, 6.07) is 7.39. The van der Waals surface area contributed by atoms with Crippen LogP contribution in [-0.4, -0.2) is 22.0 Å². The number of carbonyl (C=O) groups is 1. The molecule has 0 unspecified atom stereocenters. The summed E-state index contributed by atoms with van der Waals surface area (Å²) in [7, 11) is 0. The minimum atomic E-state index is -0.755.